The summed E-state index contributed by atoms with van der Waals surface area (Å²) in [5.74, 6) is 0. The maximum absolute atomic E-state index is 12.6. The molecule has 1 aromatic heterocycles. The van der Waals surface area contributed by atoms with Gasteiger partial charge in [-0.3, -0.25) is 4.98 Å². The summed E-state index contributed by atoms with van der Waals surface area (Å²) in [6.45, 7) is 0. The first-order valence-electron chi connectivity index (χ1n) is 8.55. The Morgan fingerprint density at radius 3 is 2.58 bits per heavy atom. The molecule has 4 rings (SSSR count). The van der Waals surface area contributed by atoms with Crippen LogP contribution in [0.5, 0.6) is 0 Å². The first-order chi connectivity index (χ1) is 12.7. The van der Waals surface area contributed by atoms with E-state index in [1.807, 2.05) is 60.7 Å². The number of nitrogens with one attached hydrogen (secondary N) is 2. The number of fused-ring (bicyclic) bond motifs is 1. The number of carbonyl (C=O) groups excluding carboxylic acids is 1. The maximum Gasteiger partial charge on any atom is 0.319 e. The number of urea groups is 1. The van der Waals surface area contributed by atoms with Gasteiger partial charge in [0.05, 0.1) is 17.8 Å². The lowest BCUT2D eigenvalue weighted by Gasteiger charge is -2.19. The van der Waals surface area contributed by atoms with E-state index in [2.05, 4.69) is 15.6 Å². The molecule has 0 aliphatic heterocycles. The lowest BCUT2D eigenvalue weighted by molar-refractivity contribution is 0.144. The average molecular weight is 345 g/mol. The van der Waals surface area contributed by atoms with Crippen LogP contribution in [-0.2, 0) is 6.42 Å². The predicted octanol–water partition coefficient (Wildman–Crippen LogP) is 3.53. The van der Waals surface area contributed by atoms with Crippen molar-refractivity contribution in [3.8, 4) is 11.1 Å². The fourth-order valence-electron chi connectivity index (χ4n) is 3.42. The fourth-order valence-corrected chi connectivity index (χ4v) is 3.42. The highest BCUT2D eigenvalue weighted by Crippen LogP contribution is 2.32. The second kappa shape index (κ2) is 6.98. The zero-order chi connectivity index (χ0) is 17.9. The minimum absolute atomic E-state index is 0.341. The fraction of sp³-hybridized carbons (Fsp3) is 0.143. The van der Waals surface area contributed by atoms with E-state index in [0.717, 1.165) is 22.3 Å². The molecular formula is C21H19N3O2. The zero-order valence-electron chi connectivity index (χ0n) is 14.1. The van der Waals surface area contributed by atoms with Gasteiger partial charge in [0.1, 0.15) is 0 Å². The molecule has 26 heavy (non-hydrogen) atoms. The molecule has 2 amide bonds. The molecule has 2 aromatic carbocycles. The lowest BCUT2D eigenvalue weighted by atomic mass is 10.1. The number of para-hydroxylation sites is 1. The Bertz CT molecular complexity index is 927. The highest BCUT2D eigenvalue weighted by atomic mass is 16.3. The zero-order valence-corrected chi connectivity index (χ0v) is 14.1. The number of hydrogen-bond donors (Lipinski definition) is 3. The van der Waals surface area contributed by atoms with Crippen molar-refractivity contribution >= 4 is 11.7 Å². The van der Waals surface area contributed by atoms with Crippen molar-refractivity contribution in [2.75, 3.05) is 5.32 Å². The molecule has 5 nitrogen and oxygen atoms in total. The molecule has 0 saturated heterocycles. The van der Waals surface area contributed by atoms with Crippen LogP contribution in [0.4, 0.5) is 10.5 Å². The minimum atomic E-state index is -0.617. The third kappa shape index (κ3) is 3.17. The van der Waals surface area contributed by atoms with Crippen LogP contribution in [0.25, 0.3) is 11.1 Å². The summed E-state index contributed by atoms with van der Waals surface area (Å²) in [7, 11) is 0. The predicted molar refractivity (Wildman–Crippen MR) is 101 cm³/mol. The van der Waals surface area contributed by atoms with Gasteiger partial charge in [-0.25, -0.2) is 4.79 Å². The van der Waals surface area contributed by atoms with Gasteiger partial charge in [-0.15, -0.1) is 0 Å². The largest absolute Gasteiger partial charge is 0.390 e. The van der Waals surface area contributed by atoms with E-state index in [0.29, 0.717) is 12.1 Å². The van der Waals surface area contributed by atoms with E-state index in [9.17, 15) is 9.90 Å². The topological polar surface area (TPSA) is 74.2 Å². The van der Waals surface area contributed by atoms with Gasteiger partial charge in [0.15, 0.2) is 0 Å². The van der Waals surface area contributed by atoms with E-state index < -0.39 is 12.1 Å². The Labute approximate surface area is 151 Å². The van der Waals surface area contributed by atoms with E-state index >= 15 is 0 Å². The van der Waals surface area contributed by atoms with Gasteiger partial charge in [-0.2, -0.15) is 0 Å². The molecule has 0 unspecified atom stereocenters. The number of rotatable bonds is 3. The third-order valence-electron chi connectivity index (χ3n) is 4.66. The number of carbonyl (C=O) groups is 1. The van der Waals surface area contributed by atoms with E-state index in [4.69, 9.17) is 0 Å². The number of benzene rings is 2. The summed E-state index contributed by atoms with van der Waals surface area (Å²) in [5, 5.41) is 16.1. The molecule has 2 atom stereocenters. The lowest BCUT2D eigenvalue weighted by Crippen LogP contribution is -2.36. The molecular weight excluding hydrogens is 326 g/mol. The van der Waals surface area contributed by atoms with E-state index in [1.165, 1.54) is 0 Å². The SMILES string of the molecule is O=C(Nc1ccccc1-c1ccncc1)N[C@@H]1c2ccccc2C[C@H]1O. The number of amides is 2. The van der Waals surface area contributed by atoms with Crippen molar-refractivity contribution in [3.63, 3.8) is 0 Å². The highest BCUT2D eigenvalue weighted by Gasteiger charge is 2.31. The van der Waals surface area contributed by atoms with Crippen LogP contribution in [0.15, 0.2) is 73.1 Å². The molecule has 3 aromatic rings. The molecule has 0 radical (unpaired) electrons. The van der Waals surface area contributed by atoms with Crippen molar-refractivity contribution < 1.29 is 9.90 Å². The normalized spacial score (nSPS) is 18.2. The van der Waals surface area contributed by atoms with Crippen LogP contribution in [0.3, 0.4) is 0 Å². The van der Waals surface area contributed by atoms with Crippen molar-refractivity contribution in [1.82, 2.24) is 10.3 Å². The molecule has 1 aliphatic carbocycles. The number of pyridine rings is 1. The van der Waals surface area contributed by atoms with Crippen molar-refractivity contribution in [2.24, 2.45) is 0 Å². The Kier molecular flexibility index (Phi) is 4.37. The van der Waals surface area contributed by atoms with Crippen molar-refractivity contribution in [2.45, 2.75) is 18.6 Å². The van der Waals surface area contributed by atoms with Crippen LogP contribution < -0.4 is 10.6 Å². The van der Waals surface area contributed by atoms with Crippen LogP contribution in [0.1, 0.15) is 17.2 Å². The second-order valence-electron chi connectivity index (χ2n) is 6.33. The monoisotopic (exact) mass is 345 g/mol. The molecule has 0 saturated carbocycles. The average Bonchev–Trinajstić information content (AvgIpc) is 2.98. The second-order valence-corrected chi connectivity index (χ2v) is 6.33. The summed E-state index contributed by atoms with van der Waals surface area (Å²) >= 11 is 0. The quantitative estimate of drug-likeness (QED) is 0.680. The summed E-state index contributed by atoms with van der Waals surface area (Å²) in [6, 6.07) is 18.4. The summed E-state index contributed by atoms with van der Waals surface area (Å²) in [4.78, 5) is 16.6. The number of hydrogen-bond acceptors (Lipinski definition) is 3. The Morgan fingerprint density at radius 2 is 1.73 bits per heavy atom. The van der Waals surface area contributed by atoms with Gasteiger partial charge < -0.3 is 15.7 Å². The highest BCUT2D eigenvalue weighted by molar-refractivity contribution is 5.94. The van der Waals surface area contributed by atoms with Crippen molar-refractivity contribution in [3.05, 3.63) is 84.2 Å². The summed E-state index contributed by atoms with van der Waals surface area (Å²) in [6.07, 6.45) is 3.37. The minimum Gasteiger partial charge on any atom is -0.390 e. The maximum atomic E-state index is 12.6. The van der Waals surface area contributed by atoms with Crippen LogP contribution in [0, 0.1) is 0 Å². The van der Waals surface area contributed by atoms with Gasteiger partial charge in [0.2, 0.25) is 0 Å². The number of aliphatic hydroxyl groups is 1. The molecule has 0 fully saturated rings. The molecule has 3 N–H and O–H groups in total. The Hall–Kier alpha value is -3.18. The Balaban J connectivity index is 1.53. The Morgan fingerprint density at radius 1 is 1.00 bits per heavy atom. The van der Waals surface area contributed by atoms with E-state index in [1.54, 1.807) is 12.4 Å². The summed E-state index contributed by atoms with van der Waals surface area (Å²) in [5.41, 5.74) is 4.64. The number of aromatic nitrogens is 1. The van der Waals surface area contributed by atoms with Crippen molar-refractivity contribution in [1.29, 1.82) is 0 Å². The van der Waals surface area contributed by atoms with Gasteiger partial charge in [0, 0.05) is 24.4 Å². The smallest absolute Gasteiger partial charge is 0.319 e. The third-order valence-corrected chi connectivity index (χ3v) is 4.66. The summed E-state index contributed by atoms with van der Waals surface area (Å²) < 4.78 is 0. The first kappa shape index (κ1) is 16.3. The van der Waals surface area contributed by atoms with Gasteiger partial charge in [-0.1, -0.05) is 42.5 Å². The van der Waals surface area contributed by atoms with Crippen LogP contribution in [0.2, 0.25) is 0 Å². The standard InChI is InChI=1S/C21H19N3O2/c25-19-13-15-5-1-2-7-17(15)20(19)24-21(26)23-18-8-4-3-6-16(18)14-9-11-22-12-10-14/h1-12,19-20,25H,13H2,(H2,23,24,26)/t19-,20-/m1/s1. The van der Waals surface area contributed by atoms with Gasteiger partial charge >= 0.3 is 6.03 Å². The first-order valence-corrected chi connectivity index (χ1v) is 8.55. The van der Waals surface area contributed by atoms with Gasteiger partial charge in [-0.05, 0) is 34.9 Å². The molecule has 5 heteroatoms. The number of nitrogens with zero attached hydrogens (tertiary/aromatic N) is 1. The molecule has 0 spiro atoms. The molecule has 130 valence electrons. The molecule has 0 bridgehead atoms. The molecule has 1 aliphatic rings. The van der Waals surface area contributed by atoms with Crippen LogP contribution in [-0.4, -0.2) is 22.2 Å². The molecule has 1 heterocycles. The number of anilines is 1. The van der Waals surface area contributed by atoms with Gasteiger partial charge in [0.25, 0.3) is 0 Å². The van der Waals surface area contributed by atoms with E-state index in [-0.39, 0.29) is 6.03 Å². The van der Waals surface area contributed by atoms with Crippen LogP contribution >= 0.6 is 0 Å². The number of aliphatic hydroxyl groups excluding tert-OH is 1.